The largest absolute Gasteiger partial charge is 0.477 e. The second-order valence-corrected chi connectivity index (χ2v) is 17.0. The van der Waals surface area contributed by atoms with Crippen LogP contribution in [0.1, 0.15) is 142 Å². The Balaban J connectivity index is 4.52. The van der Waals surface area contributed by atoms with Crippen LogP contribution >= 0.6 is 0 Å². The van der Waals surface area contributed by atoms with Crippen LogP contribution in [0.25, 0.3) is 0 Å². The number of rotatable bonds is 42. The van der Waals surface area contributed by atoms with Crippen LogP contribution in [0.4, 0.5) is 0 Å². The summed E-state index contributed by atoms with van der Waals surface area (Å²) < 4.78 is 17.2. The fourth-order valence-electron chi connectivity index (χ4n) is 6.15. The Kier molecular flexibility index (Phi) is 43.9. The molecular weight excluding hydrogens is 835 g/mol. The fraction of sp³-hybridized carbons (Fsp3) is 0.508. The van der Waals surface area contributed by atoms with E-state index >= 15 is 0 Å². The number of hydrogen-bond donors (Lipinski definition) is 1. The Hall–Kier alpha value is -5.05. The molecule has 0 saturated heterocycles. The molecule has 2 unspecified atom stereocenters. The monoisotopic (exact) mass is 925 g/mol. The number of carbonyl (C=O) groups is 3. The summed E-state index contributed by atoms with van der Waals surface area (Å²) in [7, 11) is 5.47. The van der Waals surface area contributed by atoms with Crippen molar-refractivity contribution in [2.75, 3.05) is 41.0 Å². The first-order valence-corrected chi connectivity index (χ1v) is 25.0. The van der Waals surface area contributed by atoms with Gasteiger partial charge in [-0.2, -0.15) is 0 Å². The molecule has 0 heterocycles. The summed E-state index contributed by atoms with van der Waals surface area (Å²) >= 11 is 0. The standard InChI is InChI=1S/C59H89NO7/c1-6-8-10-12-14-16-18-20-22-24-26-28-29-30-32-34-36-38-40-42-44-46-48-50-58(62)67-55(53-65-52-51-56(59(63)64)60(3,4)5)54-66-57(61)49-47-45-43-41-39-37-35-33-31-27-25-23-21-19-17-15-13-11-9-7-2/h8-11,14-17,20-23,26-28,30-32,35-38,41-44,55-56H,6-7,12-13,18-19,24-25,29,33-34,39-40,45-54H2,1-5H3/p+1/b10-8+,11-9+,16-14+,17-15+,22-20+,23-21+,28-26+,31-27+,32-30+,37-35+,38-36+,43-41+,44-42+. The maximum atomic E-state index is 12.8. The second-order valence-electron chi connectivity index (χ2n) is 17.0. The van der Waals surface area contributed by atoms with Crippen LogP contribution in [0, 0.1) is 0 Å². The second kappa shape index (κ2) is 47.4. The van der Waals surface area contributed by atoms with Crippen LogP contribution in [-0.2, 0) is 28.6 Å². The van der Waals surface area contributed by atoms with Crippen LogP contribution < -0.4 is 0 Å². The molecule has 0 aromatic rings. The van der Waals surface area contributed by atoms with Crippen molar-refractivity contribution in [1.29, 1.82) is 0 Å². The van der Waals surface area contributed by atoms with Gasteiger partial charge in [-0.25, -0.2) is 4.79 Å². The van der Waals surface area contributed by atoms with Crippen molar-refractivity contribution in [2.24, 2.45) is 0 Å². The van der Waals surface area contributed by atoms with Crippen LogP contribution in [0.15, 0.2) is 158 Å². The maximum Gasteiger partial charge on any atom is 0.362 e. The molecule has 0 rings (SSSR count). The van der Waals surface area contributed by atoms with Crippen LogP contribution in [0.2, 0.25) is 0 Å². The summed E-state index contributed by atoms with van der Waals surface area (Å²) in [6.07, 6.45) is 71.7. The molecule has 372 valence electrons. The molecule has 0 aliphatic rings. The first-order valence-electron chi connectivity index (χ1n) is 25.0. The van der Waals surface area contributed by atoms with Gasteiger partial charge < -0.3 is 23.8 Å². The molecule has 2 atom stereocenters. The molecule has 0 radical (unpaired) electrons. The van der Waals surface area contributed by atoms with E-state index in [0.29, 0.717) is 19.3 Å². The summed E-state index contributed by atoms with van der Waals surface area (Å²) in [4.78, 5) is 37.1. The van der Waals surface area contributed by atoms with E-state index in [4.69, 9.17) is 14.2 Å². The highest BCUT2D eigenvalue weighted by Crippen LogP contribution is 2.11. The Labute approximate surface area is 408 Å². The zero-order valence-corrected chi connectivity index (χ0v) is 42.3. The summed E-state index contributed by atoms with van der Waals surface area (Å²) in [5.41, 5.74) is 0. The Morgan fingerprint density at radius 3 is 1.07 bits per heavy atom. The molecule has 1 N–H and O–H groups in total. The summed E-state index contributed by atoms with van der Waals surface area (Å²) in [6, 6.07) is -0.646. The third-order valence-corrected chi connectivity index (χ3v) is 9.92. The van der Waals surface area contributed by atoms with Crippen molar-refractivity contribution in [3.63, 3.8) is 0 Å². The molecule has 0 aromatic heterocycles. The molecule has 0 spiro atoms. The number of quaternary nitrogens is 1. The van der Waals surface area contributed by atoms with Crippen LogP contribution in [0.3, 0.4) is 0 Å². The first kappa shape index (κ1) is 62.0. The molecule has 0 fully saturated rings. The van der Waals surface area contributed by atoms with Gasteiger partial charge in [0, 0.05) is 19.3 Å². The van der Waals surface area contributed by atoms with E-state index in [1.165, 1.54) is 0 Å². The quantitative estimate of drug-likeness (QED) is 0.0282. The number of nitrogens with zero attached hydrogens (tertiary/aromatic N) is 1. The summed E-state index contributed by atoms with van der Waals surface area (Å²) in [5.74, 6) is -1.65. The minimum atomic E-state index is -0.900. The van der Waals surface area contributed by atoms with Crippen LogP contribution in [-0.4, -0.2) is 80.6 Å². The molecule has 0 aromatic carbocycles. The molecule has 0 aliphatic carbocycles. The van der Waals surface area contributed by atoms with Crippen molar-refractivity contribution in [3.8, 4) is 0 Å². The molecule has 0 aliphatic heterocycles. The van der Waals surface area contributed by atoms with E-state index in [1.807, 2.05) is 21.1 Å². The van der Waals surface area contributed by atoms with Crippen molar-refractivity contribution < 1.29 is 38.2 Å². The number of allylic oxidation sites excluding steroid dienone is 26. The number of hydrogen-bond acceptors (Lipinski definition) is 6. The van der Waals surface area contributed by atoms with Gasteiger partial charge in [-0.3, -0.25) is 9.59 Å². The number of ether oxygens (including phenoxy) is 3. The summed E-state index contributed by atoms with van der Waals surface area (Å²) in [5, 5.41) is 9.65. The maximum absolute atomic E-state index is 12.8. The SMILES string of the molecule is CC/C=C/C/C=C/C/C=C/C/C=C/C/C=C/C/C=C/C/C=C/CCCC(=O)OC(COCCC(C(=O)O)[N+](C)(C)C)COC(=O)CCC/C=C/C/C=C/C/C=C/C/C=C/C/C=C/C/C=C/CC. The van der Waals surface area contributed by atoms with Gasteiger partial charge in [0.15, 0.2) is 12.1 Å². The van der Waals surface area contributed by atoms with Gasteiger partial charge in [0.1, 0.15) is 6.61 Å². The van der Waals surface area contributed by atoms with Crippen molar-refractivity contribution in [3.05, 3.63) is 158 Å². The number of carbonyl (C=O) groups excluding carboxylic acids is 2. The number of carboxylic acids is 1. The lowest BCUT2D eigenvalue weighted by Crippen LogP contribution is -2.50. The van der Waals surface area contributed by atoms with Crippen molar-refractivity contribution in [1.82, 2.24) is 0 Å². The lowest BCUT2D eigenvalue weighted by Gasteiger charge is -2.31. The highest BCUT2D eigenvalue weighted by atomic mass is 16.6. The third kappa shape index (κ3) is 45.9. The van der Waals surface area contributed by atoms with Gasteiger partial charge in [0.2, 0.25) is 0 Å². The first-order chi connectivity index (χ1) is 32.6. The van der Waals surface area contributed by atoms with Gasteiger partial charge >= 0.3 is 17.9 Å². The minimum absolute atomic E-state index is 0.00685. The smallest absolute Gasteiger partial charge is 0.362 e. The highest BCUT2D eigenvalue weighted by Gasteiger charge is 2.31. The molecular formula is C59H90NO7+. The van der Waals surface area contributed by atoms with E-state index in [1.54, 1.807) is 0 Å². The predicted octanol–water partition coefficient (Wildman–Crippen LogP) is 14.7. The molecule has 0 amide bonds. The topological polar surface area (TPSA) is 99.1 Å². The average molecular weight is 925 g/mol. The predicted molar refractivity (Wildman–Crippen MR) is 284 cm³/mol. The molecule has 8 heteroatoms. The van der Waals surface area contributed by atoms with Gasteiger partial charge in [0.25, 0.3) is 0 Å². The number of esters is 2. The van der Waals surface area contributed by atoms with Gasteiger partial charge in [-0.05, 0) is 109 Å². The van der Waals surface area contributed by atoms with E-state index in [-0.39, 0.29) is 49.1 Å². The lowest BCUT2D eigenvalue weighted by molar-refractivity contribution is -0.887. The van der Waals surface area contributed by atoms with Crippen molar-refractivity contribution >= 4 is 17.9 Å². The Morgan fingerprint density at radius 2 is 0.761 bits per heavy atom. The number of carboxylic acid groups (broad SMARTS) is 1. The van der Waals surface area contributed by atoms with Crippen LogP contribution in [0.5, 0.6) is 0 Å². The van der Waals surface area contributed by atoms with Gasteiger partial charge in [-0.1, -0.05) is 172 Å². The van der Waals surface area contributed by atoms with E-state index in [2.05, 4.69) is 172 Å². The molecule has 8 nitrogen and oxygen atoms in total. The highest BCUT2D eigenvalue weighted by molar-refractivity contribution is 5.72. The van der Waals surface area contributed by atoms with Gasteiger partial charge in [0.05, 0.1) is 34.4 Å². The molecule has 0 bridgehead atoms. The third-order valence-electron chi connectivity index (χ3n) is 9.92. The zero-order chi connectivity index (χ0) is 49.2. The average Bonchev–Trinajstić information content (AvgIpc) is 3.29. The lowest BCUT2D eigenvalue weighted by atomic mass is 10.1. The summed E-state index contributed by atoms with van der Waals surface area (Å²) in [6.45, 7) is 4.35. The Morgan fingerprint density at radius 1 is 0.448 bits per heavy atom. The van der Waals surface area contributed by atoms with Gasteiger partial charge in [-0.15, -0.1) is 0 Å². The number of likely N-dealkylation sites (N-methyl/N-ethyl adjacent to an activating group) is 1. The fourth-order valence-corrected chi connectivity index (χ4v) is 6.15. The molecule has 0 saturated carbocycles. The number of aliphatic carboxylic acids is 1. The Bertz CT molecular complexity index is 1640. The minimum Gasteiger partial charge on any atom is -0.477 e. The van der Waals surface area contributed by atoms with E-state index in [0.717, 1.165) is 96.3 Å². The van der Waals surface area contributed by atoms with E-state index in [9.17, 15) is 19.5 Å². The normalized spacial score (nSPS) is 14.2. The number of unbranched alkanes of at least 4 members (excludes halogenated alkanes) is 2. The van der Waals surface area contributed by atoms with E-state index < -0.39 is 18.1 Å². The van der Waals surface area contributed by atoms with Crippen molar-refractivity contribution in [2.45, 2.75) is 154 Å². The zero-order valence-electron chi connectivity index (χ0n) is 42.3. The molecule has 67 heavy (non-hydrogen) atoms.